The average Bonchev–Trinajstić information content (AvgIpc) is 3.45. The van der Waals surface area contributed by atoms with Crippen molar-refractivity contribution in [3.8, 4) is 11.5 Å². The van der Waals surface area contributed by atoms with Crippen LogP contribution in [0.5, 0.6) is 11.5 Å². The summed E-state index contributed by atoms with van der Waals surface area (Å²) in [6.45, 7) is -0.870. The Kier molecular flexibility index (Phi) is 8.00. The molecular formula is C26H30ClF2N3O4. The second kappa shape index (κ2) is 11.0. The van der Waals surface area contributed by atoms with Gasteiger partial charge in [0.05, 0.1) is 12.6 Å². The van der Waals surface area contributed by atoms with Crippen LogP contribution in [-0.4, -0.2) is 49.6 Å². The Balaban J connectivity index is 0.00000304. The van der Waals surface area contributed by atoms with Crippen molar-refractivity contribution in [2.75, 3.05) is 20.2 Å². The highest BCUT2D eigenvalue weighted by molar-refractivity contribution is 5.98. The van der Waals surface area contributed by atoms with Crippen LogP contribution in [0.4, 0.5) is 8.78 Å². The number of alkyl halides is 2. The second-order valence-electron chi connectivity index (χ2n) is 9.60. The molecule has 5 rings (SSSR count). The SMILES string of the molecule is CN1Cc2cc(CNC(=O)[C@H]3CC(c4ccc(OC(F)F)c(OCC5CC5)c4)CN3)ccc2C1=O.Cl. The van der Waals surface area contributed by atoms with Crippen LogP contribution in [0.15, 0.2) is 36.4 Å². The van der Waals surface area contributed by atoms with Crippen LogP contribution < -0.4 is 20.1 Å². The van der Waals surface area contributed by atoms with Crippen molar-refractivity contribution in [2.24, 2.45) is 5.92 Å². The smallest absolute Gasteiger partial charge is 0.387 e. The lowest BCUT2D eigenvalue weighted by atomic mass is 9.95. The number of nitrogens with zero attached hydrogens (tertiary/aromatic N) is 1. The van der Waals surface area contributed by atoms with Gasteiger partial charge in [-0.1, -0.05) is 18.2 Å². The third-order valence-corrected chi connectivity index (χ3v) is 6.90. The van der Waals surface area contributed by atoms with Crippen LogP contribution >= 0.6 is 12.4 Å². The van der Waals surface area contributed by atoms with E-state index in [9.17, 15) is 18.4 Å². The Bertz CT molecular complexity index is 1130. The number of amides is 2. The van der Waals surface area contributed by atoms with Gasteiger partial charge in [-0.05, 0) is 66.0 Å². The normalized spacial score (nSPS) is 20.8. The van der Waals surface area contributed by atoms with Gasteiger partial charge in [0.15, 0.2) is 11.5 Å². The molecule has 0 bridgehead atoms. The van der Waals surface area contributed by atoms with Crippen molar-refractivity contribution in [2.45, 2.75) is 50.9 Å². The van der Waals surface area contributed by atoms with Gasteiger partial charge in [0, 0.05) is 32.2 Å². The Hall–Kier alpha value is -2.91. The van der Waals surface area contributed by atoms with Crippen molar-refractivity contribution in [3.63, 3.8) is 0 Å². The minimum absolute atomic E-state index is 0. The number of carbonyl (C=O) groups excluding carboxylic acids is 2. The van der Waals surface area contributed by atoms with Crippen LogP contribution in [0, 0.1) is 5.92 Å². The largest absolute Gasteiger partial charge is 0.489 e. The van der Waals surface area contributed by atoms with E-state index < -0.39 is 6.61 Å². The van der Waals surface area contributed by atoms with Gasteiger partial charge in [0.2, 0.25) is 5.91 Å². The van der Waals surface area contributed by atoms with Crippen molar-refractivity contribution in [1.82, 2.24) is 15.5 Å². The van der Waals surface area contributed by atoms with Crippen LogP contribution in [-0.2, 0) is 17.9 Å². The number of rotatable bonds is 9. The highest BCUT2D eigenvalue weighted by atomic mass is 35.5. The van der Waals surface area contributed by atoms with E-state index >= 15 is 0 Å². The molecular weight excluding hydrogens is 492 g/mol. The fourth-order valence-corrected chi connectivity index (χ4v) is 4.71. The first-order valence-corrected chi connectivity index (χ1v) is 12.0. The van der Waals surface area contributed by atoms with E-state index in [1.807, 2.05) is 18.2 Å². The molecule has 2 N–H and O–H groups in total. The number of halogens is 3. The summed E-state index contributed by atoms with van der Waals surface area (Å²) in [6.07, 6.45) is 2.77. The quantitative estimate of drug-likeness (QED) is 0.524. The van der Waals surface area contributed by atoms with Crippen LogP contribution in [0.25, 0.3) is 0 Å². The maximum atomic E-state index is 12.8. The van der Waals surface area contributed by atoms with Crippen molar-refractivity contribution in [1.29, 1.82) is 0 Å². The third-order valence-electron chi connectivity index (χ3n) is 6.90. The molecule has 194 valence electrons. The maximum absolute atomic E-state index is 12.8. The van der Waals surface area contributed by atoms with E-state index in [1.165, 1.54) is 6.07 Å². The molecule has 2 aromatic rings. The molecule has 0 radical (unpaired) electrons. The Labute approximate surface area is 214 Å². The zero-order chi connectivity index (χ0) is 24.5. The van der Waals surface area contributed by atoms with Gasteiger partial charge in [-0.15, -0.1) is 12.4 Å². The van der Waals surface area contributed by atoms with Crippen LogP contribution in [0.2, 0.25) is 0 Å². The lowest BCUT2D eigenvalue weighted by Gasteiger charge is -2.16. The summed E-state index contributed by atoms with van der Waals surface area (Å²) in [6, 6.07) is 10.3. The summed E-state index contributed by atoms with van der Waals surface area (Å²) >= 11 is 0. The van der Waals surface area contributed by atoms with Gasteiger partial charge < -0.3 is 25.0 Å². The van der Waals surface area contributed by atoms with E-state index in [4.69, 9.17) is 4.74 Å². The van der Waals surface area contributed by atoms with Crippen molar-refractivity contribution >= 4 is 24.2 Å². The first-order valence-electron chi connectivity index (χ1n) is 12.0. The molecule has 2 aromatic carbocycles. The number of hydrogen-bond donors (Lipinski definition) is 2. The molecule has 7 nitrogen and oxygen atoms in total. The zero-order valence-corrected chi connectivity index (χ0v) is 20.8. The Morgan fingerprint density at radius 1 is 1.19 bits per heavy atom. The fourth-order valence-electron chi connectivity index (χ4n) is 4.71. The van der Waals surface area contributed by atoms with E-state index in [2.05, 4.69) is 15.4 Å². The van der Waals surface area contributed by atoms with E-state index in [-0.39, 0.29) is 41.9 Å². The summed E-state index contributed by atoms with van der Waals surface area (Å²) in [5, 5.41) is 6.25. The number of hydrogen-bond acceptors (Lipinski definition) is 5. The van der Waals surface area contributed by atoms with Gasteiger partial charge in [0.1, 0.15) is 0 Å². The van der Waals surface area contributed by atoms with E-state index in [0.29, 0.717) is 49.9 Å². The first-order chi connectivity index (χ1) is 16.9. The molecule has 2 atom stereocenters. The first kappa shape index (κ1) is 26.2. The molecule has 36 heavy (non-hydrogen) atoms. The lowest BCUT2D eigenvalue weighted by Crippen LogP contribution is -2.40. The number of nitrogens with one attached hydrogen (secondary N) is 2. The lowest BCUT2D eigenvalue weighted by molar-refractivity contribution is -0.122. The maximum Gasteiger partial charge on any atom is 0.387 e. The van der Waals surface area contributed by atoms with Gasteiger partial charge in [-0.25, -0.2) is 0 Å². The third kappa shape index (κ3) is 5.90. The molecule has 1 unspecified atom stereocenters. The number of fused-ring (bicyclic) bond motifs is 1. The number of carbonyl (C=O) groups is 2. The summed E-state index contributed by atoms with van der Waals surface area (Å²) in [4.78, 5) is 26.5. The predicted molar refractivity (Wildman–Crippen MR) is 132 cm³/mol. The molecule has 1 saturated carbocycles. The minimum atomic E-state index is -2.92. The monoisotopic (exact) mass is 521 g/mol. The average molecular weight is 522 g/mol. The predicted octanol–water partition coefficient (Wildman–Crippen LogP) is 3.85. The molecule has 3 aliphatic rings. The molecule has 0 spiro atoms. The highest BCUT2D eigenvalue weighted by Crippen LogP contribution is 2.37. The van der Waals surface area contributed by atoms with Crippen LogP contribution in [0.3, 0.4) is 0 Å². The fraction of sp³-hybridized carbons (Fsp3) is 0.462. The topological polar surface area (TPSA) is 79.9 Å². The minimum Gasteiger partial charge on any atom is -0.489 e. The van der Waals surface area contributed by atoms with Crippen molar-refractivity contribution in [3.05, 3.63) is 58.7 Å². The van der Waals surface area contributed by atoms with Gasteiger partial charge in [-0.2, -0.15) is 8.78 Å². The summed E-state index contributed by atoms with van der Waals surface area (Å²) in [5.74, 6) is 0.813. The standard InChI is InChI=1S/C26H29F2N3O4.ClH/c1-31-13-19-8-16(4-6-20(19)25(31)33)11-30-24(32)21-9-18(12-29-21)17-5-7-22(35-26(27)28)23(10-17)34-14-15-2-3-15;/h4-8,10,15,18,21,26,29H,2-3,9,11-14H2,1H3,(H,30,32);1H/t18?,21-;/m1./s1. The second-order valence-corrected chi connectivity index (χ2v) is 9.60. The molecule has 0 aromatic heterocycles. The molecule has 2 fully saturated rings. The molecule has 2 amide bonds. The van der Waals surface area contributed by atoms with Crippen LogP contribution in [0.1, 0.15) is 52.2 Å². The van der Waals surface area contributed by atoms with Gasteiger partial charge >= 0.3 is 6.61 Å². The molecule has 1 saturated heterocycles. The molecule has 10 heteroatoms. The summed E-state index contributed by atoms with van der Waals surface area (Å²) in [5.41, 5.74) is 3.56. The van der Waals surface area contributed by atoms with E-state index in [1.54, 1.807) is 24.1 Å². The Morgan fingerprint density at radius 3 is 2.75 bits per heavy atom. The summed E-state index contributed by atoms with van der Waals surface area (Å²) < 4.78 is 36.0. The van der Waals surface area contributed by atoms with Gasteiger partial charge in [-0.3, -0.25) is 9.59 Å². The Morgan fingerprint density at radius 2 is 2.00 bits per heavy atom. The molecule has 1 aliphatic carbocycles. The summed E-state index contributed by atoms with van der Waals surface area (Å²) in [7, 11) is 1.77. The van der Waals surface area contributed by atoms with Gasteiger partial charge in [0.25, 0.3) is 5.91 Å². The number of benzene rings is 2. The van der Waals surface area contributed by atoms with Crippen molar-refractivity contribution < 1.29 is 27.8 Å². The van der Waals surface area contributed by atoms with E-state index in [0.717, 1.165) is 29.5 Å². The number of ether oxygens (including phenoxy) is 2. The molecule has 2 aliphatic heterocycles. The highest BCUT2D eigenvalue weighted by Gasteiger charge is 2.31. The zero-order valence-electron chi connectivity index (χ0n) is 20.0. The molecule has 2 heterocycles.